The van der Waals surface area contributed by atoms with Gasteiger partial charge in [0, 0.05) is 6.04 Å². The predicted molar refractivity (Wildman–Crippen MR) is 87.8 cm³/mol. The van der Waals surface area contributed by atoms with Gasteiger partial charge in [-0.25, -0.2) is 0 Å². The van der Waals surface area contributed by atoms with Crippen LogP contribution in [-0.4, -0.2) is 6.54 Å². The third-order valence-corrected chi connectivity index (χ3v) is 4.56. The van der Waals surface area contributed by atoms with Crippen LogP contribution >= 0.6 is 0 Å². The zero-order valence-corrected chi connectivity index (χ0v) is 13.3. The molecule has 112 valence electrons. The Hall–Kier alpha value is -0.820. The van der Waals surface area contributed by atoms with Gasteiger partial charge in [-0.2, -0.15) is 0 Å². The Morgan fingerprint density at radius 2 is 1.80 bits per heavy atom. The van der Waals surface area contributed by atoms with Crippen molar-refractivity contribution < 1.29 is 0 Å². The maximum absolute atomic E-state index is 3.79. The molecule has 0 saturated heterocycles. The van der Waals surface area contributed by atoms with Crippen molar-refractivity contribution in [2.24, 2.45) is 11.8 Å². The summed E-state index contributed by atoms with van der Waals surface area (Å²) in [5.74, 6) is 1.76. The van der Waals surface area contributed by atoms with Crippen molar-refractivity contribution in [3.63, 3.8) is 0 Å². The lowest BCUT2D eigenvalue weighted by Crippen LogP contribution is -2.24. The maximum Gasteiger partial charge on any atom is 0.0322 e. The Morgan fingerprint density at radius 1 is 1.10 bits per heavy atom. The second-order valence-corrected chi connectivity index (χ2v) is 6.84. The second-order valence-electron chi connectivity index (χ2n) is 6.84. The van der Waals surface area contributed by atoms with Gasteiger partial charge in [0.15, 0.2) is 0 Å². The molecule has 2 rings (SSSR count). The van der Waals surface area contributed by atoms with Crippen LogP contribution in [0, 0.1) is 11.8 Å². The van der Waals surface area contributed by atoms with Crippen molar-refractivity contribution in [1.82, 2.24) is 5.32 Å². The normalized spacial score (nSPS) is 17.8. The molecule has 0 bridgehead atoms. The molecule has 1 nitrogen and oxygen atoms in total. The van der Waals surface area contributed by atoms with E-state index in [4.69, 9.17) is 0 Å². The van der Waals surface area contributed by atoms with Gasteiger partial charge in [-0.1, -0.05) is 69.9 Å². The first-order chi connectivity index (χ1) is 9.75. The van der Waals surface area contributed by atoms with Crippen LogP contribution in [0.25, 0.3) is 0 Å². The fraction of sp³-hybridized carbons (Fsp3) is 0.684. The third-order valence-electron chi connectivity index (χ3n) is 4.56. The highest BCUT2D eigenvalue weighted by atomic mass is 14.9. The summed E-state index contributed by atoms with van der Waals surface area (Å²) in [4.78, 5) is 0. The number of nitrogens with one attached hydrogen (secondary N) is 1. The molecule has 0 aromatic heterocycles. The van der Waals surface area contributed by atoms with Crippen LogP contribution in [-0.2, 0) is 0 Å². The summed E-state index contributed by atoms with van der Waals surface area (Å²) < 4.78 is 0. The molecule has 1 heteroatoms. The number of hydrogen-bond acceptors (Lipinski definition) is 1. The van der Waals surface area contributed by atoms with Crippen molar-refractivity contribution in [3.05, 3.63) is 35.9 Å². The summed E-state index contributed by atoms with van der Waals surface area (Å²) in [6.45, 7) is 5.80. The highest BCUT2D eigenvalue weighted by Gasteiger charge is 2.15. The molecule has 1 aromatic carbocycles. The quantitative estimate of drug-likeness (QED) is 0.631. The minimum Gasteiger partial charge on any atom is -0.310 e. The Morgan fingerprint density at radius 3 is 2.45 bits per heavy atom. The molecule has 1 N–H and O–H groups in total. The molecule has 1 aliphatic rings. The summed E-state index contributed by atoms with van der Waals surface area (Å²) in [6, 6.07) is 11.5. The van der Waals surface area contributed by atoms with Crippen molar-refractivity contribution in [2.45, 2.75) is 64.8 Å². The lowest BCUT2D eigenvalue weighted by Gasteiger charge is -2.21. The minimum atomic E-state index is 0.528. The van der Waals surface area contributed by atoms with Gasteiger partial charge in [-0.3, -0.25) is 0 Å². The van der Waals surface area contributed by atoms with E-state index >= 15 is 0 Å². The van der Waals surface area contributed by atoms with Crippen LogP contribution in [0.1, 0.15) is 70.4 Å². The monoisotopic (exact) mass is 273 g/mol. The van der Waals surface area contributed by atoms with Crippen LogP contribution in [0.5, 0.6) is 0 Å². The molecule has 0 aliphatic heterocycles. The molecule has 1 atom stereocenters. The van der Waals surface area contributed by atoms with Gasteiger partial charge in [-0.15, -0.1) is 0 Å². The van der Waals surface area contributed by atoms with E-state index < -0.39 is 0 Å². The number of rotatable bonds is 8. The number of benzene rings is 1. The average molecular weight is 273 g/mol. The van der Waals surface area contributed by atoms with Gasteiger partial charge < -0.3 is 5.32 Å². The second kappa shape index (κ2) is 8.46. The standard InChI is InChI=1S/C19H31N/c1-16(2)15-19(18-12-4-3-5-13-18)20-14-8-11-17-9-6-7-10-17/h3-5,12-13,16-17,19-20H,6-11,14-15H2,1-2H3. The number of hydrogen-bond donors (Lipinski definition) is 1. The molecule has 0 spiro atoms. The average Bonchev–Trinajstić information content (AvgIpc) is 2.96. The van der Waals surface area contributed by atoms with Gasteiger partial charge in [0.25, 0.3) is 0 Å². The largest absolute Gasteiger partial charge is 0.310 e. The summed E-state index contributed by atoms with van der Waals surface area (Å²) in [5.41, 5.74) is 1.45. The Bertz CT molecular complexity index is 351. The third kappa shape index (κ3) is 5.28. The maximum atomic E-state index is 3.79. The van der Waals surface area contributed by atoms with E-state index in [-0.39, 0.29) is 0 Å². The molecule has 1 saturated carbocycles. The summed E-state index contributed by atoms with van der Waals surface area (Å²) in [6.07, 6.45) is 9.90. The van der Waals surface area contributed by atoms with Crippen molar-refractivity contribution in [3.8, 4) is 0 Å². The van der Waals surface area contributed by atoms with Gasteiger partial charge in [0.2, 0.25) is 0 Å². The minimum absolute atomic E-state index is 0.528. The molecule has 0 amide bonds. The zero-order valence-electron chi connectivity index (χ0n) is 13.3. The molecule has 0 radical (unpaired) electrons. The van der Waals surface area contributed by atoms with E-state index in [2.05, 4.69) is 49.5 Å². The van der Waals surface area contributed by atoms with E-state index in [1.807, 2.05) is 0 Å². The molecule has 1 aliphatic carbocycles. The van der Waals surface area contributed by atoms with Crippen LogP contribution in [0.4, 0.5) is 0 Å². The lowest BCUT2D eigenvalue weighted by molar-refractivity contribution is 0.406. The van der Waals surface area contributed by atoms with Crippen molar-refractivity contribution in [2.75, 3.05) is 6.54 Å². The van der Waals surface area contributed by atoms with E-state index in [0.29, 0.717) is 6.04 Å². The first-order valence-corrected chi connectivity index (χ1v) is 8.54. The Kier molecular flexibility index (Phi) is 6.59. The SMILES string of the molecule is CC(C)CC(NCCCC1CCCC1)c1ccccc1. The summed E-state index contributed by atoms with van der Waals surface area (Å²) >= 11 is 0. The van der Waals surface area contributed by atoms with Crippen LogP contribution < -0.4 is 5.32 Å². The fourth-order valence-corrected chi connectivity index (χ4v) is 3.46. The van der Waals surface area contributed by atoms with Gasteiger partial charge in [0.05, 0.1) is 0 Å². The Labute approximate surface area is 125 Å². The van der Waals surface area contributed by atoms with Gasteiger partial charge >= 0.3 is 0 Å². The van der Waals surface area contributed by atoms with E-state index in [1.54, 1.807) is 0 Å². The Balaban J connectivity index is 1.75. The van der Waals surface area contributed by atoms with Crippen molar-refractivity contribution in [1.29, 1.82) is 0 Å². The fourth-order valence-electron chi connectivity index (χ4n) is 3.46. The highest BCUT2D eigenvalue weighted by Crippen LogP contribution is 2.28. The van der Waals surface area contributed by atoms with E-state index in [1.165, 1.54) is 57.1 Å². The summed E-state index contributed by atoms with van der Waals surface area (Å²) in [5, 5.41) is 3.79. The molecule has 1 unspecified atom stereocenters. The lowest BCUT2D eigenvalue weighted by atomic mass is 9.96. The van der Waals surface area contributed by atoms with E-state index in [0.717, 1.165) is 11.8 Å². The molecule has 1 aromatic rings. The molecule has 20 heavy (non-hydrogen) atoms. The smallest absolute Gasteiger partial charge is 0.0322 e. The van der Waals surface area contributed by atoms with Crippen molar-refractivity contribution >= 4 is 0 Å². The van der Waals surface area contributed by atoms with Gasteiger partial charge in [-0.05, 0) is 43.2 Å². The van der Waals surface area contributed by atoms with E-state index in [9.17, 15) is 0 Å². The topological polar surface area (TPSA) is 12.0 Å². The predicted octanol–water partition coefficient (Wildman–Crippen LogP) is 5.33. The first kappa shape index (κ1) is 15.6. The highest BCUT2D eigenvalue weighted by molar-refractivity contribution is 5.18. The first-order valence-electron chi connectivity index (χ1n) is 8.54. The summed E-state index contributed by atoms with van der Waals surface area (Å²) in [7, 11) is 0. The van der Waals surface area contributed by atoms with Crippen LogP contribution in [0.2, 0.25) is 0 Å². The van der Waals surface area contributed by atoms with Crippen LogP contribution in [0.15, 0.2) is 30.3 Å². The molecular formula is C19H31N. The molecule has 0 heterocycles. The van der Waals surface area contributed by atoms with Gasteiger partial charge in [0.1, 0.15) is 0 Å². The zero-order chi connectivity index (χ0) is 14.2. The molecule has 1 fully saturated rings. The molecular weight excluding hydrogens is 242 g/mol. The van der Waals surface area contributed by atoms with Crippen LogP contribution in [0.3, 0.4) is 0 Å².